The summed E-state index contributed by atoms with van der Waals surface area (Å²) in [5, 5.41) is 28.3. The molecule has 2 aliphatic rings. The van der Waals surface area contributed by atoms with Gasteiger partial charge in [-0.1, -0.05) is 6.58 Å². The second-order valence-electron chi connectivity index (χ2n) is 4.73. The van der Waals surface area contributed by atoms with Crippen molar-refractivity contribution in [2.24, 2.45) is 0 Å². The first-order chi connectivity index (χ1) is 9.45. The van der Waals surface area contributed by atoms with Crippen molar-refractivity contribution in [2.45, 2.75) is 18.6 Å². The lowest BCUT2D eigenvalue weighted by Crippen LogP contribution is -2.43. The molecule has 0 radical (unpaired) electrons. The van der Waals surface area contributed by atoms with E-state index in [2.05, 4.69) is 6.58 Å². The van der Waals surface area contributed by atoms with Gasteiger partial charge in [0.2, 0.25) is 5.76 Å². The number of aromatic hydroxyl groups is 2. The Hall–Kier alpha value is -2.63. The lowest BCUT2D eigenvalue weighted by atomic mass is 9.92. The van der Waals surface area contributed by atoms with Crippen LogP contribution < -0.4 is 4.74 Å². The number of carboxylic acids is 1. The Labute approximate surface area is 114 Å². The summed E-state index contributed by atoms with van der Waals surface area (Å²) in [6, 6.07) is 2.60. The lowest BCUT2D eigenvalue weighted by molar-refractivity contribution is -0.139. The molecule has 1 aromatic carbocycles. The quantitative estimate of drug-likeness (QED) is 0.716. The topological polar surface area (TPSA) is 96.2 Å². The van der Waals surface area contributed by atoms with E-state index in [0.717, 1.165) is 0 Å². The molecular weight excluding hydrogens is 264 g/mol. The summed E-state index contributed by atoms with van der Waals surface area (Å²) in [5.74, 6) is -1.24. The van der Waals surface area contributed by atoms with Gasteiger partial charge in [0.1, 0.15) is 23.4 Å². The fourth-order valence-corrected chi connectivity index (χ4v) is 2.43. The Morgan fingerprint density at radius 1 is 1.30 bits per heavy atom. The summed E-state index contributed by atoms with van der Waals surface area (Å²) in [6.07, 6.45) is 0.487. The number of aliphatic carboxylic acids is 1. The molecule has 6 nitrogen and oxygen atoms in total. The molecule has 2 atom stereocenters. The van der Waals surface area contributed by atoms with Gasteiger partial charge in [-0.2, -0.15) is 0 Å². The largest absolute Gasteiger partial charge is 0.508 e. The van der Waals surface area contributed by atoms with E-state index in [-0.39, 0.29) is 23.7 Å². The number of carbonyl (C=O) groups is 1. The van der Waals surface area contributed by atoms with E-state index in [1.165, 1.54) is 18.2 Å². The maximum atomic E-state index is 11.0. The van der Waals surface area contributed by atoms with Crippen molar-refractivity contribution in [3.8, 4) is 17.2 Å². The van der Waals surface area contributed by atoms with Gasteiger partial charge in [0.25, 0.3) is 0 Å². The fourth-order valence-electron chi connectivity index (χ4n) is 2.43. The van der Waals surface area contributed by atoms with Crippen LogP contribution in [0.1, 0.15) is 5.56 Å². The molecule has 0 spiro atoms. The number of benzene rings is 1. The zero-order valence-electron chi connectivity index (χ0n) is 10.4. The van der Waals surface area contributed by atoms with Gasteiger partial charge in [-0.3, -0.25) is 0 Å². The van der Waals surface area contributed by atoms with Gasteiger partial charge in [0.05, 0.1) is 0 Å². The number of fused-ring (bicyclic) bond motifs is 2. The third kappa shape index (κ3) is 1.85. The predicted octanol–water partition coefficient (Wildman–Crippen LogP) is 1.32. The van der Waals surface area contributed by atoms with Crippen molar-refractivity contribution in [2.75, 3.05) is 0 Å². The van der Waals surface area contributed by atoms with Crippen molar-refractivity contribution in [1.29, 1.82) is 0 Å². The first kappa shape index (κ1) is 12.4. The maximum absolute atomic E-state index is 11.0. The van der Waals surface area contributed by atoms with Gasteiger partial charge in [-0.25, -0.2) is 4.79 Å². The minimum absolute atomic E-state index is 0.108. The van der Waals surface area contributed by atoms with E-state index in [1.54, 1.807) is 0 Å². The number of hydrogen-bond donors (Lipinski definition) is 3. The van der Waals surface area contributed by atoms with Crippen LogP contribution >= 0.6 is 0 Å². The molecule has 0 aliphatic carbocycles. The maximum Gasteiger partial charge on any atom is 0.371 e. The lowest BCUT2D eigenvalue weighted by Gasteiger charge is -2.37. The van der Waals surface area contributed by atoms with E-state index < -0.39 is 18.2 Å². The highest BCUT2D eigenvalue weighted by molar-refractivity contribution is 5.85. The highest BCUT2D eigenvalue weighted by atomic mass is 16.6. The molecule has 1 aromatic rings. The fraction of sp³-hybridized carbons (Fsp3) is 0.214. The van der Waals surface area contributed by atoms with Crippen molar-refractivity contribution < 1.29 is 29.6 Å². The standard InChI is InChI=1S/C14H12O6/c1-6-2-12(14(17)18)19-11-5-8-9(16)3-7(15)4-10(8)20-13(6)11/h2-4,11,13,15-16H,1,5H2,(H,17,18)/t11-,13+/m1/s1. The van der Waals surface area contributed by atoms with Crippen molar-refractivity contribution in [1.82, 2.24) is 0 Å². The normalized spacial score (nSPS) is 23.8. The SMILES string of the molecule is C=C1C=C(C(=O)O)O[C@@H]2Cc3c(O)cc(O)cc3O[C@@H]12. The summed E-state index contributed by atoms with van der Waals surface area (Å²) in [7, 11) is 0. The average Bonchev–Trinajstić information content (AvgIpc) is 2.37. The van der Waals surface area contributed by atoms with Crippen LogP contribution in [0, 0.1) is 0 Å². The van der Waals surface area contributed by atoms with Crippen LogP contribution in [0.5, 0.6) is 17.2 Å². The molecule has 0 saturated heterocycles. The third-order valence-electron chi connectivity index (χ3n) is 3.34. The molecule has 0 bridgehead atoms. The van der Waals surface area contributed by atoms with Crippen LogP contribution in [-0.2, 0) is 16.0 Å². The molecule has 2 heterocycles. The second-order valence-corrected chi connectivity index (χ2v) is 4.73. The van der Waals surface area contributed by atoms with Gasteiger partial charge in [-0.15, -0.1) is 0 Å². The Bertz CT molecular complexity index is 645. The monoisotopic (exact) mass is 276 g/mol. The third-order valence-corrected chi connectivity index (χ3v) is 3.34. The number of hydrogen-bond acceptors (Lipinski definition) is 5. The summed E-state index contributed by atoms with van der Waals surface area (Å²) < 4.78 is 11.0. The molecule has 3 N–H and O–H groups in total. The van der Waals surface area contributed by atoms with E-state index in [4.69, 9.17) is 14.6 Å². The Morgan fingerprint density at radius 3 is 2.75 bits per heavy atom. The molecule has 0 aromatic heterocycles. The zero-order valence-corrected chi connectivity index (χ0v) is 10.4. The van der Waals surface area contributed by atoms with Crippen LogP contribution in [0.3, 0.4) is 0 Å². The van der Waals surface area contributed by atoms with Crippen LogP contribution in [0.15, 0.2) is 36.1 Å². The van der Waals surface area contributed by atoms with Crippen LogP contribution in [0.25, 0.3) is 0 Å². The van der Waals surface area contributed by atoms with E-state index in [1.807, 2.05) is 0 Å². The highest BCUT2D eigenvalue weighted by Gasteiger charge is 2.39. The smallest absolute Gasteiger partial charge is 0.371 e. The van der Waals surface area contributed by atoms with Crippen molar-refractivity contribution >= 4 is 5.97 Å². The summed E-state index contributed by atoms with van der Waals surface area (Å²) in [6.45, 7) is 3.78. The first-order valence-corrected chi connectivity index (χ1v) is 5.97. The van der Waals surface area contributed by atoms with Gasteiger partial charge in [0, 0.05) is 24.1 Å². The zero-order chi connectivity index (χ0) is 14.4. The number of phenolic OH excluding ortho intramolecular Hbond substituents is 2. The van der Waals surface area contributed by atoms with Gasteiger partial charge < -0.3 is 24.8 Å². The molecule has 20 heavy (non-hydrogen) atoms. The molecule has 2 aliphatic heterocycles. The molecule has 0 saturated carbocycles. The van der Waals surface area contributed by atoms with E-state index >= 15 is 0 Å². The van der Waals surface area contributed by atoms with Crippen molar-refractivity contribution in [3.63, 3.8) is 0 Å². The molecule has 0 fully saturated rings. The van der Waals surface area contributed by atoms with Crippen LogP contribution in [0.2, 0.25) is 0 Å². The highest BCUT2D eigenvalue weighted by Crippen LogP contribution is 2.41. The van der Waals surface area contributed by atoms with Gasteiger partial charge in [0.15, 0.2) is 6.10 Å². The second kappa shape index (κ2) is 4.19. The Kier molecular flexibility index (Phi) is 2.60. The Morgan fingerprint density at radius 2 is 2.05 bits per heavy atom. The van der Waals surface area contributed by atoms with Gasteiger partial charge in [-0.05, 0) is 11.6 Å². The molecule has 3 rings (SSSR count). The summed E-state index contributed by atoms with van der Waals surface area (Å²) >= 11 is 0. The molecular formula is C14H12O6. The van der Waals surface area contributed by atoms with Crippen LogP contribution in [0.4, 0.5) is 0 Å². The van der Waals surface area contributed by atoms with Gasteiger partial charge >= 0.3 is 5.97 Å². The molecule has 6 heteroatoms. The molecule has 0 unspecified atom stereocenters. The Balaban J connectivity index is 1.99. The number of ether oxygens (including phenoxy) is 2. The average molecular weight is 276 g/mol. The van der Waals surface area contributed by atoms with Crippen LogP contribution in [-0.4, -0.2) is 33.5 Å². The molecule has 0 amide bonds. The predicted molar refractivity (Wildman–Crippen MR) is 67.6 cm³/mol. The number of carboxylic acid groups (broad SMARTS) is 1. The minimum Gasteiger partial charge on any atom is -0.508 e. The molecule has 104 valence electrons. The van der Waals surface area contributed by atoms with E-state index in [0.29, 0.717) is 16.9 Å². The number of rotatable bonds is 1. The van der Waals surface area contributed by atoms with E-state index in [9.17, 15) is 15.0 Å². The minimum atomic E-state index is -1.18. The number of phenols is 2. The summed E-state index contributed by atoms with van der Waals surface area (Å²) in [5.41, 5.74) is 0.954. The van der Waals surface area contributed by atoms with Crippen molar-refractivity contribution in [3.05, 3.63) is 41.7 Å². The first-order valence-electron chi connectivity index (χ1n) is 5.97. The summed E-state index contributed by atoms with van der Waals surface area (Å²) in [4.78, 5) is 11.0.